The molecule has 0 aliphatic carbocycles. The fourth-order valence-electron chi connectivity index (χ4n) is 1.96. The molecule has 2 atom stereocenters. The van der Waals surface area contributed by atoms with Crippen LogP contribution >= 0.6 is 34.5 Å². The van der Waals surface area contributed by atoms with Gasteiger partial charge in [0.15, 0.2) is 0 Å². The summed E-state index contributed by atoms with van der Waals surface area (Å²) in [7, 11) is -0.799. The summed E-state index contributed by atoms with van der Waals surface area (Å²) in [4.78, 5) is 0. The molecule has 1 fully saturated rings. The average Bonchev–Trinajstić information content (AvgIpc) is 2.41. The number of rotatable bonds is 1. The maximum Gasteiger partial charge on any atom is 0.0992 e. The molecule has 2 heterocycles. The summed E-state index contributed by atoms with van der Waals surface area (Å²) in [5.74, 6) is 1.29. The van der Waals surface area contributed by atoms with Crippen molar-refractivity contribution in [1.82, 2.24) is 5.32 Å². The number of nitrogens with one attached hydrogen (secondary N) is 1. The lowest BCUT2D eigenvalue weighted by Crippen LogP contribution is -2.52. The zero-order valence-electron chi connectivity index (χ0n) is 9.05. The molecule has 0 amide bonds. The Bertz CT molecular complexity index is 430. The van der Waals surface area contributed by atoms with Crippen molar-refractivity contribution in [3.05, 3.63) is 20.3 Å². The quantitative estimate of drug-likeness (QED) is 0.862. The van der Waals surface area contributed by atoms with Gasteiger partial charge in [-0.25, -0.2) is 0 Å². The number of hydrogen-bond donors (Lipinski definition) is 1. The molecule has 1 saturated heterocycles. The smallest absolute Gasteiger partial charge is 0.0992 e. The van der Waals surface area contributed by atoms with Gasteiger partial charge in [-0.15, -0.1) is 11.3 Å². The summed E-state index contributed by atoms with van der Waals surface area (Å²) in [6.45, 7) is 4.11. The van der Waals surface area contributed by atoms with E-state index in [0.29, 0.717) is 20.2 Å². The van der Waals surface area contributed by atoms with Gasteiger partial charge in [0.1, 0.15) is 0 Å². The van der Waals surface area contributed by atoms with Gasteiger partial charge in [0.2, 0.25) is 0 Å². The van der Waals surface area contributed by atoms with E-state index >= 15 is 0 Å². The van der Waals surface area contributed by atoms with E-state index in [1.807, 2.05) is 6.07 Å². The Hall–Kier alpha value is 0.390. The Morgan fingerprint density at radius 1 is 1.56 bits per heavy atom. The first kappa shape index (κ1) is 12.8. The Labute approximate surface area is 112 Å². The first-order valence-corrected chi connectivity index (χ1v) is 8.01. The monoisotopic (exact) mass is 297 g/mol. The van der Waals surface area contributed by atoms with Gasteiger partial charge in [-0.3, -0.25) is 4.21 Å². The number of halogens is 2. The first-order valence-electron chi connectivity index (χ1n) is 4.95. The van der Waals surface area contributed by atoms with Gasteiger partial charge < -0.3 is 5.32 Å². The molecule has 2 nitrogen and oxygen atoms in total. The van der Waals surface area contributed by atoms with Crippen molar-refractivity contribution in [2.45, 2.75) is 25.4 Å². The van der Waals surface area contributed by atoms with Crippen molar-refractivity contribution in [3.63, 3.8) is 0 Å². The molecule has 2 unspecified atom stereocenters. The standard InChI is InChI=1S/C10H13Cl2NOS2/c1-10(2)5-16(14)4-7(13-10)6-3-8(11)15-9(6)12/h3,7,13H,4-5H2,1-2H3. The molecule has 0 radical (unpaired) electrons. The highest BCUT2D eigenvalue weighted by atomic mass is 35.5. The fraction of sp³-hybridized carbons (Fsp3) is 0.600. The molecular weight excluding hydrogens is 285 g/mol. The SMILES string of the molecule is CC1(C)CS(=O)CC(c2cc(Cl)sc2Cl)N1. The van der Waals surface area contributed by atoms with Crippen LogP contribution in [0.5, 0.6) is 0 Å². The highest BCUT2D eigenvalue weighted by molar-refractivity contribution is 7.85. The van der Waals surface area contributed by atoms with Crippen LogP contribution in [0.25, 0.3) is 0 Å². The minimum absolute atomic E-state index is 0.0424. The van der Waals surface area contributed by atoms with Crippen LogP contribution in [0.15, 0.2) is 6.07 Å². The molecule has 0 spiro atoms. The Morgan fingerprint density at radius 2 is 2.25 bits per heavy atom. The van der Waals surface area contributed by atoms with E-state index in [4.69, 9.17) is 23.2 Å². The lowest BCUT2D eigenvalue weighted by atomic mass is 10.0. The molecule has 1 N–H and O–H groups in total. The van der Waals surface area contributed by atoms with Crippen LogP contribution in [0, 0.1) is 0 Å². The second-order valence-electron chi connectivity index (χ2n) is 4.61. The summed E-state index contributed by atoms with van der Waals surface area (Å²) in [5.41, 5.74) is 0.851. The predicted octanol–water partition coefficient (Wildman–Crippen LogP) is 3.23. The second-order valence-corrected chi connectivity index (χ2v) is 8.40. The summed E-state index contributed by atoms with van der Waals surface area (Å²) in [5, 5.41) is 3.46. The van der Waals surface area contributed by atoms with Crippen molar-refractivity contribution < 1.29 is 4.21 Å². The van der Waals surface area contributed by atoms with Crippen LogP contribution in [-0.4, -0.2) is 21.3 Å². The number of thiophene rings is 1. The molecule has 16 heavy (non-hydrogen) atoms. The molecule has 1 aliphatic heterocycles. The second kappa shape index (κ2) is 4.58. The van der Waals surface area contributed by atoms with Crippen molar-refractivity contribution in [1.29, 1.82) is 0 Å². The van der Waals surface area contributed by atoms with Crippen LogP contribution in [-0.2, 0) is 10.8 Å². The van der Waals surface area contributed by atoms with Gasteiger partial charge in [0.05, 0.1) is 8.67 Å². The summed E-state index contributed by atoms with van der Waals surface area (Å²) in [6, 6.07) is 1.91. The van der Waals surface area contributed by atoms with Crippen LogP contribution < -0.4 is 5.32 Å². The molecule has 90 valence electrons. The summed E-state index contributed by atoms with van der Waals surface area (Å²) >= 11 is 13.4. The molecule has 0 aromatic carbocycles. The summed E-state index contributed by atoms with van der Waals surface area (Å²) < 4.78 is 13.1. The average molecular weight is 298 g/mol. The third-order valence-corrected chi connectivity index (χ3v) is 5.76. The molecule has 0 bridgehead atoms. The zero-order valence-corrected chi connectivity index (χ0v) is 12.2. The minimum Gasteiger partial charge on any atom is -0.303 e. The van der Waals surface area contributed by atoms with Crippen molar-refractivity contribution in [3.8, 4) is 0 Å². The van der Waals surface area contributed by atoms with Crippen LogP contribution in [0.1, 0.15) is 25.5 Å². The lowest BCUT2D eigenvalue weighted by molar-refractivity contribution is 0.369. The molecule has 6 heteroatoms. The van der Waals surface area contributed by atoms with E-state index in [0.717, 1.165) is 5.56 Å². The molecule has 1 aromatic rings. The highest BCUT2D eigenvalue weighted by Crippen LogP contribution is 2.37. The highest BCUT2D eigenvalue weighted by Gasteiger charge is 2.33. The van der Waals surface area contributed by atoms with Gasteiger partial charge >= 0.3 is 0 Å². The third-order valence-electron chi connectivity index (χ3n) is 2.50. The van der Waals surface area contributed by atoms with E-state index in [1.54, 1.807) is 0 Å². The van der Waals surface area contributed by atoms with E-state index in [9.17, 15) is 4.21 Å². The van der Waals surface area contributed by atoms with Crippen LogP contribution in [0.4, 0.5) is 0 Å². The maximum atomic E-state index is 11.8. The molecule has 1 aliphatic rings. The molecule has 2 rings (SSSR count). The normalized spacial score (nSPS) is 29.2. The van der Waals surface area contributed by atoms with Crippen molar-refractivity contribution >= 4 is 45.3 Å². The van der Waals surface area contributed by atoms with E-state index < -0.39 is 10.8 Å². The van der Waals surface area contributed by atoms with Crippen molar-refractivity contribution in [2.75, 3.05) is 11.5 Å². The van der Waals surface area contributed by atoms with E-state index in [2.05, 4.69) is 19.2 Å². The van der Waals surface area contributed by atoms with Crippen LogP contribution in [0.2, 0.25) is 8.67 Å². The molecule has 1 aromatic heterocycles. The topological polar surface area (TPSA) is 29.1 Å². The van der Waals surface area contributed by atoms with Gasteiger partial charge in [-0.05, 0) is 19.9 Å². The largest absolute Gasteiger partial charge is 0.303 e. The number of hydrogen-bond acceptors (Lipinski definition) is 3. The van der Waals surface area contributed by atoms with Gasteiger partial charge in [-0.2, -0.15) is 0 Å². The van der Waals surface area contributed by atoms with Gasteiger partial charge in [-0.1, -0.05) is 23.2 Å². The first-order chi connectivity index (χ1) is 7.37. The van der Waals surface area contributed by atoms with E-state index in [1.165, 1.54) is 11.3 Å². The summed E-state index contributed by atoms with van der Waals surface area (Å²) in [6.07, 6.45) is 0. The van der Waals surface area contributed by atoms with Gasteiger partial charge in [0.25, 0.3) is 0 Å². The molecule has 0 saturated carbocycles. The Balaban J connectivity index is 2.27. The molecular formula is C10H13Cl2NOS2. The van der Waals surface area contributed by atoms with Gasteiger partial charge in [0, 0.05) is 39.4 Å². The maximum absolute atomic E-state index is 11.8. The predicted molar refractivity (Wildman–Crippen MR) is 72.2 cm³/mol. The Morgan fingerprint density at radius 3 is 2.75 bits per heavy atom. The fourth-order valence-corrected chi connectivity index (χ4v) is 5.18. The van der Waals surface area contributed by atoms with Crippen molar-refractivity contribution in [2.24, 2.45) is 0 Å². The van der Waals surface area contributed by atoms with Crippen LogP contribution in [0.3, 0.4) is 0 Å². The Kier molecular flexibility index (Phi) is 3.67. The van der Waals surface area contributed by atoms with E-state index in [-0.39, 0.29) is 11.6 Å². The zero-order chi connectivity index (χ0) is 11.9. The lowest BCUT2D eigenvalue weighted by Gasteiger charge is -2.36. The minimum atomic E-state index is -0.799. The third kappa shape index (κ3) is 2.79.